The van der Waals surface area contributed by atoms with Gasteiger partial charge in [-0.15, -0.1) is 0 Å². The highest BCUT2D eigenvalue weighted by molar-refractivity contribution is 5.14. The van der Waals surface area contributed by atoms with Gasteiger partial charge < -0.3 is 10.4 Å². The number of unbranched alkanes of at least 4 members (excludes halogenated alkanes) is 3. The number of aliphatic hydroxyl groups is 1. The van der Waals surface area contributed by atoms with Crippen molar-refractivity contribution in [1.82, 2.24) is 10.6 Å². The summed E-state index contributed by atoms with van der Waals surface area (Å²) in [5.41, 5.74) is 1.35. The van der Waals surface area contributed by atoms with Crippen molar-refractivity contribution in [1.29, 1.82) is 0 Å². The van der Waals surface area contributed by atoms with Gasteiger partial charge in [0.25, 0.3) is 0 Å². The van der Waals surface area contributed by atoms with E-state index in [4.69, 9.17) is 5.11 Å². The third-order valence-corrected chi connectivity index (χ3v) is 2.89. The molecular formula is C15H26N2O. The fourth-order valence-corrected chi connectivity index (χ4v) is 1.87. The third kappa shape index (κ3) is 8.23. The highest BCUT2D eigenvalue weighted by Crippen LogP contribution is 2.00. The fourth-order valence-electron chi connectivity index (χ4n) is 1.87. The molecule has 1 aromatic rings. The molecule has 1 atom stereocenters. The van der Waals surface area contributed by atoms with E-state index >= 15 is 0 Å². The van der Waals surface area contributed by atoms with E-state index in [0.29, 0.717) is 0 Å². The van der Waals surface area contributed by atoms with Crippen LogP contribution in [0.1, 0.15) is 38.2 Å². The number of benzene rings is 1. The maximum Gasteiger partial charge on any atom is 0.102 e. The van der Waals surface area contributed by atoms with Crippen LogP contribution >= 0.6 is 0 Å². The average Bonchev–Trinajstić information content (AvgIpc) is 2.37. The minimum atomic E-state index is -0.377. The Labute approximate surface area is 111 Å². The van der Waals surface area contributed by atoms with Crippen LogP contribution in [0.5, 0.6) is 0 Å². The molecule has 0 amide bonds. The van der Waals surface area contributed by atoms with Gasteiger partial charge in [0.1, 0.15) is 6.23 Å². The lowest BCUT2D eigenvalue weighted by Gasteiger charge is -2.07. The molecular weight excluding hydrogens is 224 g/mol. The van der Waals surface area contributed by atoms with Gasteiger partial charge in [-0.3, -0.25) is 5.32 Å². The topological polar surface area (TPSA) is 44.3 Å². The maximum atomic E-state index is 9.01. The van der Waals surface area contributed by atoms with E-state index in [-0.39, 0.29) is 6.23 Å². The molecule has 0 aliphatic heterocycles. The van der Waals surface area contributed by atoms with Gasteiger partial charge >= 0.3 is 0 Å². The molecule has 18 heavy (non-hydrogen) atoms. The molecule has 0 saturated heterocycles. The molecule has 0 bridgehead atoms. The van der Waals surface area contributed by atoms with Crippen LogP contribution in [0.3, 0.4) is 0 Å². The van der Waals surface area contributed by atoms with Crippen LogP contribution < -0.4 is 10.6 Å². The van der Waals surface area contributed by atoms with Crippen LogP contribution in [-0.2, 0) is 6.54 Å². The predicted molar refractivity (Wildman–Crippen MR) is 76.3 cm³/mol. The van der Waals surface area contributed by atoms with Crippen molar-refractivity contribution in [2.75, 3.05) is 13.1 Å². The Balaban J connectivity index is 1.84. The lowest BCUT2D eigenvalue weighted by atomic mass is 10.2. The molecule has 3 N–H and O–H groups in total. The number of rotatable bonds is 10. The molecule has 0 aliphatic rings. The lowest BCUT2D eigenvalue weighted by Crippen LogP contribution is -2.26. The molecule has 0 radical (unpaired) electrons. The van der Waals surface area contributed by atoms with Gasteiger partial charge in [-0.1, -0.05) is 43.2 Å². The summed E-state index contributed by atoms with van der Waals surface area (Å²) < 4.78 is 0. The van der Waals surface area contributed by atoms with Crippen molar-refractivity contribution in [3.05, 3.63) is 35.9 Å². The number of hydrogen-bond acceptors (Lipinski definition) is 3. The lowest BCUT2D eigenvalue weighted by molar-refractivity contribution is 0.156. The molecule has 3 nitrogen and oxygen atoms in total. The van der Waals surface area contributed by atoms with Gasteiger partial charge in [0.05, 0.1) is 0 Å². The average molecular weight is 250 g/mol. The molecule has 3 heteroatoms. The molecule has 1 rings (SSSR count). The van der Waals surface area contributed by atoms with Crippen molar-refractivity contribution >= 4 is 0 Å². The second-order valence-electron chi connectivity index (χ2n) is 4.71. The SMILES string of the molecule is CC(O)NCCCCCCNCc1ccccc1. The number of aliphatic hydroxyl groups excluding tert-OH is 1. The van der Waals surface area contributed by atoms with Crippen LogP contribution in [0.25, 0.3) is 0 Å². The third-order valence-electron chi connectivity index (χ3n) is 2.89. The van der Waals surface area contributed by atoms with Gasteiger partial charge in [-0.2, -0.15) is 0 Å². The second-order valence-corrected chi connectivity index (χ2v) is 4.71. The molecule has 0 heterocycles. The van der Waals surface area contributed by atoms with Crippen molar-refractivity contribution < 1.29 is 5.11 Å². The van der Waals surface area contributed by atoms with E-state index < -0.39 is 0 Å². The van der Waals surface area contributed by atoms with Crippen molar-refractivity contribution in [2.45, 2.75) is 45.4 Å². The molecule has 102 valence electrons. The van der Waals surface area contributed by atoms with Crippen molar-refractivity contribution in [3.63, 3.8) is 0 Å². The largest absolute Gasteiger partial charge is 0.379 e. The monoisotopic (exact) mass is 250 g/mol. The van der Waals surface area contributed by atoms with E-state index in [1.807, 2.05) is 6.07 Å². The Kier molecular flexibility index (Phi) is 8.47. The Morgan fingerprint density at radius 2 is 1.67 bits per heavy atom. The summed E-state index contributed by atoms with van der Waals surface area (Å²) in [5.74, 6) is 0. The minimum absolute atomic E-state index is 0.377. The maximum absolute atomic E-state index is 9.01. The zero-order chi connectivity index (χ0) is 13.1. The zero-order valence-corrected chi connectivity index (χ0v) is 11.4. The molecule has 0 aromatic heterocycles. The van der Waals surface area contributed by atoms with Gasteiger partial charge in [-0.05, 0) is 38.4 Å². The number of nitrogens with one attached hydrogen (secondary N) is 2. The van der Waals surface area contributed by atoms with Gasteiger partial charge in [-0.25, -0.2) is 0 Å². The summed E-state index contributed by atoms with van der Waals surface area (Å²) in [5, 5.41) is 15.5. The van der Waals surface area contributed by atoms with E-state index in [1.54, 1.807) is 6.92 Å². The second kappa shape index (κ2) is 10.1. The normalized spacial score (nSPS) is 12.6. The summed E-state index contributed by atoms with van der Waals surface area (Å²) in [6.07, 6.45) is 4.47. The fraction of sp³-hybridized carbons (Fsp3) is 0.600. The van der Waals surface area contributed by atoms with Crippen molar-refractivity contribution in [3.8, 4) is 0 Å². The Morgan fingerprint density at radius 1 is 1.00 bits per heavy atom. The van der Waals surface area contributed by atoms with Crippen molar-refractivity contribution in [2.24, 2.45) is 0 Å². The first kappa shape index (κ1) is 15.2. The summed E-state index contributed by atoms with van der Waals surface area (Å²) in [4.78, 5) is 0. The van der Waals surface area contributed by atoms with Crippen LogP contribution in [0, 0.1) is 0 Å². The van der Waals surface area contributed by atoms with Crippen LogP contribution in [-0.4, -0.2) is 24.4 Å². The van der Waals surface area contributed by atoms with Gasteiger partial charge in [0.15, 0.2) is 0 Å². The smallest absolute Gasteiger partial charge is 0.102 e. The summed E-state index contributed by atoms with van der Waals surface area (Å²) >= 11 is 0. The van der Waals surface area contributed by atoms with E-state index in [1.165, 1.54) is 24.8 Å². The van der Waals surface area contributed by atoms with Gasteiger partial charge in [0, 0.05) is 6.54 Å². The molecule has 0 spiro atoms. The molecule has 1 unspecified atom stereocenters. The highest BCUT2D eigenvalue weighted by Gasteiger charge is 1.94. The standard InChI is InChI=1S/C15H26N2O/c1-14(18)17-12-8-3-2-7-11-16-13-15-9-5-4-6-10-15/h4-6,9-10,14,16-18H,2-3,7-8,11-13H2,1H3. The molecule has 0 fully saturated rings. The predicted octanol–water partition coefficient (Wildman–Crippen LogP) is 2.26. The van der Waals surface area contributed by atoms with E-state index in [2.05, 4.69) is 34.9 Å². The highest BCUT2D eigenvalue weighted by atomic mass is 16.3. The van der Waals surface area contributed by atoms with Crippen LogP contribution in [0.15, 0.2) is 30.3 Å². The molecule has 0 saturated carbocycles. The summed E-state index contributed by atoms with van der Waals surface area (Å²) in [6.45, 7) is 4.71. The van der Waals surface area contributed by atoms with E-state index in [9.17, 15) is 0 Å². The number of hydrogen-bond donors (Lipinski definition) is 3. The van der Waals surface area contributed by atoms with Crippen LogP contribution in [0.4, 0.5) is 0 Å². The molecule has 0 aliphatic carbocycles. The summed E-state index contributed by atoms with van der Waals surface area (Å²) in [6, 6.07) is 10.5. The minimum Gasteiger partial charge on any atom is -0.379 e. The Bertz CT molecular complexity index is 288. The Morgan fingerprint density at radius 3 is 2.33 bits per heavy atom. The molecule has 1 aromatic carbocycles. The first-order chi connectivity index (χ1) is 8.79. The van der Waals surface area contributed by atoms with E-state index in [0.717, 1.165) is 26.1 Å². The first-order valence-electron chi connectivity index (χ1n) is 6.95. The zero-order valence-electron chi connectivity index (χ0n) is 11.4. The summed E-state index contributed by atoms with van der Waals surface area (Å²) in [7, 11) is 0. The quantitative estimate of drug-likeness (QED) is 0.441. The van der Waals surface area contributed by atoms with Gasteiger partial charge in [0.2, 0.25) is 0 Å². The van der Waals surface area contributed by atoms with Crippen LogP contribution in [0.2, 0.25) is 0 Å². The first-order valence-corrected chi connectivity index (χ1v) is 6.95. The Hall–Kier alpha value is -0.900.